The molecule has 0 saturated heterocycles. The number of carbonyl (C=O) groups excluding carboxylic acids is 2. The molecule has 4 nitrogen and oxygen atoms in total. The molecule has 0 heterocycles. The van der Waals surface area contributed by atoms with E-state index in [4.69, 9.17) is 4.74 Å². The standard InChI is InChI=1S/C22H30O4/c1-4-19(25)26-14-7-9-21(2)13(11-14)12-17(23)20-15-5-6-18(24)22(15,3)10-8-16(20)21/h7,9,12,14-17,20,23H,4-6,8,10-11H2,1-3H3/t14-,15-,16-,17+,20-,21-,22-/m0/s1. The minimum absolute atomic E-state index is 0.105. The highest BCUT2D eigenvalue weighted by atomic mass is 16.5. The Morgan fingerprint density at radius 3 is 2.81 bits per heavy atom. The minimum Gasteiger partial charge on any atom is -0.458 e. The van der Waals surface area contributed by atoms with E-state index in [2.05, 4.69) is 19.9 Å². The number of aliphatic hydroxyl groups excluding tert-OH is 1. The van der Waals surface area contributed by atoms with Crippen molar-refractivity contribution in [1.29, 1.82) is 0 Å². The Morgan fingerprint density at radius 2 is 2.08 bits per heavy atom. The van der Waals surface area contributed by atoms with Crippen molar-refractivity contribution >= 4 is 11.8 Å². The number of ether oxygens (including phenoxy) is 1. The van der Waals surface area contributed by atoms with Crippen molar-refractivity contribution in [2.24, 2.45) is 28.6 Å². The number of ketones is 1. The second-order valence-electron chi connectivity index (χ2n) is 9.12. The van der Waals surface area contributed by atoms with Crippen molar-refractivity contribution in [2.45, 2.75) is 71.5 Å². The Balaban J connectivity index is 1.65. The number of allylic oxidation sites excluding steroid dienone is 1. The van der Waals surface area contributed by atoms with Gasteiger partial charge in [-0.1, -0.05) is 38.5 Å². The smallest absolute Gasteiger partial charge is 0.306 e. The minimum atomic E-state index is -0.507. The van der Waals surface area contributed by atoms with Crippen molar-refractivity contribution in [3.8, 4) is 0 Å². The fraction of sp³-hybridized carbons (Fsp3) is 0.727. The lowest BCUT2D eigenvalue weighted by molar-refractivity contribution is -0.146. The summed E-state index contributed by atoms with van der Waals surface area (Å²) < 4.78 is 5.51. The maximum atomic E-state index is 12.5. The lowest BCUT2D eigenvalue weighted by atomic mass is 9.48. The Kier molecular flexibility index (Phi) is 4.18. The number of hydrogen-bond donors (Lipinski definition) is 1. The molecule has 0 aromatic rings. The van der Waals surface area contributed by atoms with Crippen LogP contribution in [0, 0.1) is 28.6 Å². The first-order chi connectivity index (χ1) is 12.3. The molecule has 0 amide bonds. The van der Waals surface area contributed by atoms with Gasteiger partial charge in [-0.15, -0.1) is 0 Å². The summed E-state index contributed by atoms with van der Waals surface area (Å²) in [6, 6.07) is 0. The SMILES string of the molecule is CCC(=O)O[C@H]1C=C[C@@]2(C)C(=C[C@@H](O)[C@@H]3[C@@H]2CC[C@]2(C)C(=O)CC[C@@H]32)C1. The molecule has 2 fully saturated rings. The van der Waals surface area contributed by atoms with E-state index >= 15 is 0 Å². The van der Waals surface area contributed by atoms with E-state index < -0.39 is 6.10 Å². The molecular formula is C22H30O4. The number of esters is 1. The Morgan fingerprint density at radius 1 is 1.31 bits per heavy atom. The van der Waals surface area contributed by atoms with Gasteiger partial charge in [-0.3, -0.25) is 9.59 Å². The normalized spacial score (nSPS) is 46.8. The first-order valence-electron chi connectivity index (χ1n) is 10.1. The van der Waals surface area contributed by atoms with Crippen LogP contribution in [0.5, 0.6) is 0 Å². The van der Waals surface area contributed by atoms with E-state index in [1.807, 2.05) is 12.2 Å². The number of Topliss-reactive ketones (excluding diaryl/α,β-unsaturated/α-hetero) is 1. The van der Waals surface area contributed by atoms with E-state index in [1.54, 1.807) is 6.92 Å². The topological polar surface area (TPSA) is 63.6 Å². The second kappa shape index (κ2) is 6.05. The van der Waals surface area contributed by atoms with E-state index in [1.165, 1.54) is 5.57 Å². The van der Waals surface area contributed by atoms with Gasteiger partial charge in [0.15, 0.2) is 0 Å². The summed E-state index contributed by atoms with van der Waals surface area (Å²) in [6.45, 7) is 6.18. The summed E-state index contributed by atoms with van der Waals surface area (Å²) in [5.41, 5.74) is 0.837. The van der Waals surface area contributed by atoms with E-state index in [0.29, 0.717) is 31.0 Å². The van der Waals surface area contributed by atoms with Crippen LogP contribution in [0.25, 0.3) is 0 Å². The maximum absolute atomic E-state index is 12.5. The molecule has 7 atom stereocenters. The Labute approximate surface area is 155 Å². The molecule has 142 valence electrons. The predicted octanol–water partition coefficient (Wildman–Crippen LogP) is 3.59. The number of carbonyl (C=O) groups is 2. The van der Waals surface area contributed by atoms with Gasteiger partial charge in [0, 0.05) is 30.1 Å². The van der Waals surface area contributed by atoms with Gasteiger partial charge in [0.05, 0.1) is 6.10 Å². The summed E-state index contributed by atoms with van der Waals surface area (Å²) in [5, 5.41) is 11.0. The van der Waals surface area contributed by atoms with Crippen LogP contribution in [0.4, 0.5) is 0 Å². The zero-order valence-electron chi connectivity index (χ0n) is 16.0. The molecule has 0 unspecified atom stereocenters. The van der Waals surface area contributed by atoms with Crippen molar-refractivity contribution in [3.05, 3.63) is 23.8 Å². The lowest BCUT2D eigenvalue weighted by Crippen LogP contribution is -2.53. The van der Waals surface area contributed by atoms with Crippen LogP contribution >= 0.6 is 0 Å². The highest BCUT2D eigenvalue weighted by Crippen LogP contribution is 2.63. The van der Waals surface area contributed by atoms with Crippen molar-refractivity contribution in [3.63, 3.8) is 0 Å². The fourth-order valence-corrected chi connectivity index (χ4v) is 6.32. The molecule has 26 heavy (non-hydrogen) atoms. The first kappa shape index (κ1) is 18.0. The summed E-state index contributed by atoms with van der Waals surface area (Å²) in [6.07, 6.45) is 10.0. The first-order valence-corrected chi connectivity index (χ1v) is 10.1. The zero-order valence-corrected chi connectivity index (χ0v) is 16.0. The molecule has 0 spiro atoms. The lowest BCUT2D eigenvalue weighted by Gasteiger charge is -2.56. The predicted molar refractivity (Wildman–Crippen MR) is 98.2 cm³/mol. The van der Waals surface area contributed by atoms with Crippen LogP contribution < -0.4 is 0 Å². The quantitative estimate of drug-likeness (QED) is 0.605. The molecular weight excluding hydrogens is 328 g/mol. The van der Waals surface area contributed by atoms with Gasteiger partial charge in [-0.25, -0.2) is 0 Å². The number of hydrogen-bond acceptors (Lipinski definition) is 4. The monoisotopic (exact) mass is 358 g/mol. The molecule has 4 heteroatoms. The van der Waals surface area contributed by atoms with Crippen LogP contribution in [0.1, 0.15) is 59.3 Å². The number of fused-ring (bicyclic) bond motifs is 5. The molecule has 1 N–H and O–H groups in total. The Bertz CT molecular complexity index is 692. The zero-order chi connectivity index (χ0) is 18.7. The van der Waals surface area contributed by atoms with Gasteiger partial charge in [0.1, 0.15) is 11.9 Å². The van der Waals surface area contributed by atoms with E-state index in [0.717, 1.165) is 19.3 Å². The largest absolute Gasteiger partial charge is 0.458 e. The van der Waals surface area contributed by atoms with Gasteiger partial charge < -0.3 is 9.84 Å². The molecule has 4 aliphatic carbocycles. The molecule has 0 bridgehead atoms. The molecule has 0 aromatic heterocycles. The van der Waals surface area contributed by atoms with Crippen molar-refractivity contribution in [2.75, 3.05) is 0 Å². The third kappa shape index (κ3) is 2.45. The van der Waals surface area contributed by atoms with Gasteiger partial charge in [-0.2, -0.15) is 0 Å². The number of rotatable bonds is 2. The number of aliphatic hydroxyl groups is 1. The van der Waals surface area contributed by atoms with Crippen LogP contribution in [0.2, 0.25) is 0 Å². The summed E-state index contributed by atoms with van der Waals surface area (Å²) >= 11 is 0. The summed E-state index contributed by atoms with van der Waals surface area (Å²) in [5.74, 6) is 0.978. The molecule has 0 aromatic carbocycles. The highest BCUT2D eigenvalue weighted by molar-refractivity contribution is 5.87. The van der Waals surface area contributed by atoms with Crippen LogP contribution in [0.3, 0.4) is 0 Å². The van der Waals surface area contributed by atoms with E-state index in [-0.39, 0.29) is 34.7 Å². The highest BCUT2D eigenvalue weighted by Gasteiger charge is 2.60. The molecule has 2 saturated carbocycles. The summed E-state index contributed by atoms with van der Waals surface area (Å²) in [7, 11) is 0. The average Bonchev–Trinajstić information content (AvgIpc) is 2.91. The van der Waals surface area contributed by atoms with Crippen molar-refractivity contribution in [1.82, 2.24) is 0 Å². The third-order valence-electron chi connectivity index (χ3n) is 7.92. The molecule has 0 radical (unpaired) electrons. The fourth-order valence-electron chi connectivity index (χ4n) is 6.32. The Hall–Kier alpha value is -1.42. The van der Waals surface area contributed by atoms with Crippen LogP contribution in [-0.4, -0.2) is 29.1 Å². The van der Waals surface area contributed by atoms with Gasteiger partial charge in [0.2, 0.25) is 0 Å². The maximum Gasteiger partial charge on any atom is 0.306 e. The van der Waals surface area contributed by atoms with Crippen LogP contribution in [0.15, 0.2) is 23.8 Å². The average molecular weight is 358 g/mol. The van der Waals surface area contributed by atoms with Gasteiger partial charge in [0.25, 0.3) is 0 Å². The van der Waals surface area contributed by atoms with Crippen LogP contribution in [-0.2, 0) is 14.3 Å². The van der Waals surface area contributed by atoms with Crippen molar-refractivity contribution < 1.29 is 19.4 Å². The molecule has 0 aliphatic heterocycles. The van der Waals surface area contributed by atoms with Gasteiger partial charge >= 0.3 is 5.97 Å². The third-order valence-corrected chi connectivity index (χ3v) is 7.92. The summed E-state index contributed by atoms with van der Waals surface area (Å²) in [4.78, 5) is 24.1. The van der Waals surface area contributed by atoms with E-state index in [9.17, 15) is 14.7 Å². The second-order valence-corrected chi connectivity index (χ2v) is 9.12. The molecule has 4 rings (SSSR count). The molecule has 4 aliphatic rings. The van der Waals surface area contributed by atoms with Gasteiger partial charge in [-0.05, 0) is 43.1 Å².